The average molecular weight is 266 g/mol. The molecule has 0 aliphatic heterocycles. The van der Waals surface area contributed by atoms with Crippen molar-refractivity contribution >= 4 is 0 Å². The highest BCUT2D eigenvalue weighted by atomic mass is 15.1. The van der Waals surface area contributed by atoms with E-state index in [1.807, 2.05) is 12.1 Å². The summed E-state index contributed by atoms with van der Waals surface area (Å²) in [6.07, 6.45) is 0. The van der Waals surface area contributed by atoms with Crippen LogP contribution in [0.25, 0.3) is 10.4 Å². The van der Waals surface area contributed by atoms with Gasteiger partial charge in [-0.05, 0) is 16.7 Å². The third-order valence-electron chi connectivity index (χ3n) is 3.20. The van der Waals surface area contributed by atoms with E-state index in [9.17, 15) is 0 Å². The summed E-state index contributed by atoms with van der Waals surface area (Å²) >= 11 is 0. The molecular formula is C16H18N4. The third kappa shape index (κ3) is 4.12. The molecule has 0 radical (unpaired) electrons. The fraction of sp³-hybridized carbons (Fsp3) is 0.250. The summed E-state index contributed by atoms with van der Waals surface area (Å²) in [5, 5.41) is 6.88. The van der Waals surface area contributed by atoms with Gasteiger partial charge >= 0.3 is 0 Å². The van der Waals surface area contributed by atoms with E-state index in [2.05, 4.69) is 63.9 Å². The molecule has 1 N–H and O–H groups in total. The van der Waals surface area contributed by atoms with E-state index in [4.69, 9.17) is 5.53 Å². The molecule has 2 aromatic carbocycles. The molecule has 0 heterocycles. The van der Waals surface area contributed by atoms with Crippen LogP contribution in [0.4, 0.5) is 0 Å². The Kier molecular flexibility index (Phi) is 5.65. The van der Waals surface area contributed by atoms with Gasteiger partial charge < -0.3 is 5.32 Å². The van der Waals surface area contributed by atoms with Crippen molar-refractivity contribution in [1.29, 1.82) is 0 Å². The van der Waals surface area contributed by atoms with Crippen LogP contribution >= 0.6 is 0 Å². The number of rotatable bonds is 7. The smallest absolute Gasteiger partial charge is 0.0383 e. The summed E-state index contributed by atoms with van der Waals surface area (Å²) in [5.74, 6) is 0.309. The molecule has 4 heteroatoms. The number of nitrogens with zero attached hydrogens (tertiary/aromatic N) is 3. The van der Waals surface area contributed by atoms with Crippen LogP contribution in [0.1, 0.15) is 17.0 Å². The molecule has 0 unspecified atom stereocenters. The lowest BCUT2D eigenvalue weighted by Crippen LogP contribution is -2.24. The van der Waals surface area contributed by atoms with Crippen LogP contribution in [0.15, 0.2) is 65.8 Å². The van der Waals surface area contributed by atoms with E-state index >= 15 is 0 Å². The highest BCUT2D eigenvalue weighted by molar-refractivity contribution is 5.32. The fourth-order valence-corrected chi connectivity index (χ4v) is 2.22. The number of azide groups is 1. The van der Waals surface area contributed by atoms with Crippen molar-refractivity contribution in [2.24, 2.45) is 5.11 Å². The van der Waals surface area contributed by atoms with Gasteiger partial charge in [0.2, 0.25) is 0 Å². The summed E-state index contributed by atoms with van der Waals surface area (Å²) in [7, 11) is 0. The van der Waals surface area contributed by atoms with Crippen LogP contribution in [-0.2, 0) is 0 Å². The van der Waals surface area contributed by atoms with Crippen LogP contribution in [0.5, 0.6) is 0 Å². The molecule has 20 heavy (non-hydrogen) atoms. The van der Waals surface area contributed by atoms with Crippen molar-refractivity contribution < 1.29 is 0 Å². The van der Waals surface area contributed by atoms with E-state index in [0.717, 1.165) is 6.54 Å². The molecule has 102 valence electrons. The van der Waals surface area contributed by atoms with Gasteiger partial charge in [-0.2, -0.15) is 0 Å². The molecule has 0 aliphatic carbocycles. The molecule has 0 atom stereocenters. The van der Waals surface area contributed by atoms with Crippen LogP contribution < -0.4 is 5.32 Å². The van der Waals surface area contributed by atoms with Gasteiger partial charge in [0.1, 0.15) is 0 Å². The first-order valence-electron chi connectivity index (χ1n) is 6.73. The second-order valence-electron chi connectivity index (χ2n) is 4.53. The Morgan fingerprint density at radius 3 is 2.00 bits per heavy atom. The Hall–Kier alpha value is -2.29. The van der Waals surface area contributed by atoms with Crippen LogP contribution in [0, 0.1) is 0 Å². The van der Waals surface area contributed by atoms with Gasteiger partial charge in [0, 0.05) is 30.5 Å². The monoisotopic (exact) mass is 266 g/mol. The van der Waals surface area contributed by atoms with Gasteiger partial charge in [-0.25, -0.2) is 0 Å². The van der Waals surface area contributed by atoms with Gasteiger partial charge in [-0.15, -0.1) is 0 Å². The molecule has 0 bridgehead atoms. The maximum absolute atomic E-state index is 8.26. The minimum Gasteiger partial charge on any atom is -0.316 e. The lowest BCUT2D eigenvalue weighted by Gasteiger charge is -2.18. The number of nitrogens with one attached hydrogen (secondary N) is 1. The molecule has 2 rings (SSSR count). The molecule has 2 aromatic rings. The third-order valence-corrected chi connectivity index (χ3v) is 3.20. The number of hydrogen-bond donors (Lipinski definition) is 1. The van der Waals surface area contributed by atoms with Crippen molar-refractivity contribution in [2.45, 2.75) is 5.92 Å². The predicted molar refractivity (Wildman–Crippen MR) is 81.6 cm³/mol. The topological polar surface area (TPSA) is 60.8 Å². The molecule has 0 saturated carbocycles. The lowest BCUT2D eigenvalue weighted by atomic mass is 9.91. The molecule has 0 aromatic heterocycles. The Morgan fingerprint density at radius 2 is 1.50 bits per heavy atom. The van der Waals surface area contributed by atoms with Crippen molar-refractivity contribution in [3.8, 4) is 0 Å². The molecular weight excluding hydrogens is 248 g/mol. The molecule has 0 amide bonds. The minimum atomic E-state index is 0.309. The van der Waals surface area contributed by atoms with Gasteiger partial charge in [0.15, 0.2) is 0 Å². The van der Waals surface area contributed by atoms with Gasteiger partial charge in [-0.3, -0.25) is 0 Å². The van der Waals surface area contributed by atoms with E-state index in [1.165, 1.54) is 11.1 Å². The maximum Gasteiger partial charge on any atom is 0.0383 e. The summed E-state index contributed by atoms with van der Waals surface area (Å²) in [6, 6.07) is 20.9. The second-order valence-corrected chi connectivity index (χ2v) is 4.53. The highest BCUT2D eigenvalue weighted by Crippen LogP contribution is 2.23. The van der Waals surface area contributed by atoms with Crippen molar-refractivity contribution in [2.75, 3.05) is 19.6 Å². The minimum absolute atomic E-state index is 0.309. The van der Waals surface area contributed by atoms with Crippen LogP contribution in [-0.4, -0.2) is 19.6 Å². The van der Waals surface area contributed by atoms with Gasteiger partial charge in [0.25, 0.3) is 0 Å². The van der Waals surface area contributed by atoms with E-state index in [1.54, 1.807) is 0 Å². The number of benzene rings is 2. The standard InChI is InChI=1S/C16H18N4/c17-20-19-12-11-18-13-16(14-7-3-1-4-8-14)15-9-5-2-6-10-15/h1-10,16,18H,11-13H2. The summed E-state index contributed by atoms with van der Waals surface area (Å²) in [4.78, 5) is 2.75. The molecule has 0 fully saturated rings. The molecule has 0 spiro atoms. The van der Waals surface area contributed by atoms with E-state index < -0.39 is 0 Å². The first-order valence-corrected chi connectivity index (χ1v) is 6.73. The Labute approximate surface area is 119 Å². The quantitative estimate of drug-likeness (QED) is 0.353. The first kappa shape index (κ1) is 14.1. The molecule has 0 aliphatic rings. The molecule has 0 saturated heterocycles. The normalized spacial score (nSPS) is 10.2. The first-order chi connectivity index (χ1) is 9.92. The second kappa shape index (κ2) is 8.00. The fourth-order valence-electron chi connectivity index (χ4n) is 2.22. The zero-order valence-corrected chi connectivity index (χ0v) is 11.3. The van der Waals surface area contributed by atoms with Gasteiger partial charge in [-0.1, -0.05) is 65.8 Å². The number of hydrogen-bond acceptors (Lipinski definition) is 2. The maximum atomic E-state index is 8.26. The average Bonchev–Trinajstić information content (AvgIpc) is 2.53. The van der Waals surface area contributed by atoms with Crippen molar-refractivity contribution in [1.82, 2.24) is 5.32 Å². The van der Waals surface area contributed by atoms with Crippen molar-refractivity contribution in [3.63, 3.8) is 0 Å². The Morgan fingerprint density at radius 1 is 0.950 bits per heavy atom. The summed E-state index contributed by atoms with van der Waals surface area (Å²) in [5.41, 5.74) is 10.8. The zero-order chi connectivity index (χ0) is 14.0. The Bertz CT molecular complexity index is 508. The van der Waals surface area contributed by atoms with Crippen LogP contribution in [0.2, 0.25) is 0 Å². The van der Waals surface area contributed by atoms with E-state index in [0.29, 0.717) is 19.0 Å². The SMILES string of the molecule is [N-]=[N+]=NCCNCC(c1ccccc1)c1ccccc1. The molecule has 4 nitrogen and oxygen atoms in total. The Balaban J connectivity index is 2.07. The van der Waals surface area contributed by atoms with Crippen molar-refractivity contribution in [3.05, 3.63) is 82.2 Å². The summed E-state index contributed by atoms with van der Waals surface area (Å²) < 4.78 is 0. The lowest BCUT2D eigenvalue weighted by molar-refractivity contribution is 0.639. The van der Waals surface area contributed by atoms with Crippen LogP contribution in [0.3, 0.4) is 0 Å². The van der Waals surface area contributed by atoms with E-state index in [-0.39, 0.29) is 0 Å². The van der Waals surface area contributed by atoms with Gasteiger partial charge in [0.05, 0.1) is 0 Å². The predicted octanol–water partition coefficient (Wildman–Crippen LogP) is 3.72. The zero-order valence-electron chi connectivity index (χ0n) is 11.3. The summed E-state index contributed by atoms with van der Waals surface area (Å²) in [6.45, 7) is 2.00. The highest BCUT2D eigenvalue weighted by Gasteiger charge is 2.12. The largest absolute Gasteiger partial charge is 0.316 e.